The van der Waals surface area contributed by atoms with E-state index in [4.69, 9.17) is 9.47 Å². The highest BCUT2D eigenvalue weighted by Crippen LogP contribution is 2.23. The van der Waals surface area contributed by atoms with E-state index in [-0.39, 0.29) is 5.69 Å². The molecule has 17 heavy (non-hydrogen) atoms. The third-order valence-electron chi connectivity index (χ3n) is 2.11. The van der Waals surface area contributed by atoms with Crippen LogP contribution in [0.1, 0.15) is 5.56 Å². The zero-order chi connectivity index (χ0) is 12.7. The lowest BCUT2D eigenvalue weighted by atomic mass is 10.2. The lowest BCUT2D eigenvalue weighted by Crippen LogP contribution is -2.08. The van der Waals surface area contributed by atoms with Crippen LogP contribution in [0.25, 0.3) is 0 Å². The van der Waals surface area contributed by atoms with Crippen LogP contribution in [0.15, 0.2) is 18.2 Å². The van der Waals surface area contributed by atoms with E-state index in [1.807, 2.05) is 0 Å². The van der Waals surface area contributed by atoms with Crippen LogP contribution in [0, 0.1) is 17.0 Å². The van der Waals surface area contributed by atoms with Gasteiger partial charge in [0.05, 0.1) is 24.2 Å². The molecule has 0 bridgehead atoms. The summed E-state index contributed by atoms with van der Waals surface area (Å²) in [6, 6.07) is 4.80. The van der Waals surface area contributed by atoms with Gasteiger partial charge in [-0.2, -0.15) is 12.6 Å². The summed E-state index contributed by atoms with van der Waals surface area (Å²) in [7, 11) is 0. The van der Waals surface area contributed by atoms with Crippen molar-refractivity contribution in [3.8, 4) is 5.75 Å². The fraction of sp³-hybridized carbons (Fsp3) is 0.455. The molecule has 1 aromatic rings. The van der Waals surface area contributed by atoms with Crippen molar-refractivity contribution in [1.82, 2.24) is 0 Å². The standard InChI is InChI=1S/C11H15NO4S/c1-9-2-3-10(8-11(9)12(13)14)16-5-4-15-6-7-17/h2-3,8,17H,4-7H2,1H3. The predicted octanol–water partition coefficient (Wildman–Crippen LogP) is 2.23. The van der Waals surface area contributed by atoms with Crippen LogP contribution in [-0.4, -0.2) is 30.5 Å². The van der Waals surface area contributed by atoms with Crippen molar-refractivity contribution in [3.05, 3.63) is 33.9 Å². The van der Waals surface area contributed by atoms with E-state index in [9.17, 15) is 10.1 Å². The maximum Gasteiger partial charge on any atom is 0.276 e. The lowest BCUT2D eigenvalue weighted by molar-refractivity contribution is -0.385. The average Bonchev–Trinajstić information content (AvgIpc) is 2.30. The van der Waals surface area contributed by atoms with Gasteiger partial charge in [-0.1, -0.05) is 0 Å². The summed E-state index contributed by atoms with van der Waals surface area (Å²) in [6.45, 7) is 3.08. The van der Waals surface area contributed by atoms with Gasteiger partial charge in [0.1, 0.15) is 12.4 Å². The van der Waals surface area contributed by atoms with Crippen molar-refractivity contribution >= 4 is 18.3 Å². The Morgan fingerprint density at radius 2 is 2.12 bits per heavy atom. The molecule has 0 fully saturated rings. The van der Waals surface area contributed by atoms with Crippen molar-refractivity contribution in [2.45, 2.75) is 6.92 Å². The number of nitrogens with zero attached hydrogens (tertiary/aromatic N) is 1. The van der Waals surface area contributed by atoms with Crippen LogP contribution in [0.5, 0.6) is 5.75 Å². The molecule has 94 valence electrons. The van der Waals surface area contributed by atoms with Gasteiger partial charge < -0.3 is 9.47 Å². The second kappa shape index (κ2) is 7.13. The third kappa shape index (κ3) is 4.62. The number of hydrogen-bond donors (Lipinski definition) is 1. The summed E-state index contributed by atoms with van der Waals surface area (Å²) in [5.74, 6) is 1.15. The van der Waals surface area contributed by atoms with Crippen LogP contribution >= 0.6 is 12.6 Å². The number of nitro groups is 1. The van der Waals surface area contributed by atoms with Crippen LogP contribution in [0.2, 0.25) is 0 Å². The number of nitro benzene ring substituents is 1. The Morgan fingerprint density at radius 1 is 1.35 bits per heavy atom. The number of hydrogen-bond acceptors (Lipinski definition) is 5. The van der Waals surface area contributed by atoms with Gasteiger partial charge in [-0.15, -0.1) is 0 Å². The Labute approximate surface area is 105 Å². The quantitative estimate of drug-likeness (QED) is 0.352. The molecule has 0 aliphatic heterocycles. The summed E-state index contributed by atoms with van der Waals surface area (Å²) in [6.07, 6.45) is 0. The van der Waals surface area contributed by atoms with Gasteiger partial charge in [-0.25, -0.2) is 0 Å². The average molecular weight is 257 g/mol. The molecule has 0 heterocycles. The Bertz CT molecular complexity index is 384. The molecule has 1 rings (SSSR count). The van der Waals surface area contributed by atoms with E-state index < -0.39 is 4.92 Å². The molecular weight excluding hydrogens is 242 g/mol. The van der Waals surface area contributed by atoms with Gasteiger partial charge in [0.2, 0.25) is 0 Å². The SMILES string of the molecule is Cc1ccc(OCCOCCS)cc1[N+](=O)[O-]. The van der Waals surface area contributed by atoms with Crippen LogP contribution in [0.4, 0.5) is 5.69 Å². The summed E-state index contributed by atoms with van der Waals surface area (Å²) in [5, 5.41) is 10.7. The largest absolute Gasteiger partial charge is 0.491 e. The smallest absolute Gasteiger partial charge is 0.276 e. The summed E-state index contributed by atoms with van der Waals surface area (Å²) in [4.78, 5) is 10.3. The number of ether oxygens (including phenoxy) is 2. The van der Waals surface area contributed by atoms with Crippen molar-refractivity contribution in [1.29, 1.82) is 0 Å². The lowest BCUT2D eigenvalue weighted by Gasteiger charge is -2.07. The first-order valence-corrected chi connectivity index (χ1v) is 5.85. The first-order chi connectivity index (χ1) is 8.15. The van der Waals surface area contributed by atoms with Gasteiger partial charge in [-0.3, -0.25) is 10.1 Å². The maximum absolute atomic E-state index is 10.7. The summed E-state index contributed by atoms with van der Waals surface area (Å²) < 4.78 is 10.5. The summed E-state index contributed by atoms with van der Waals surface area (Å²) in [5.41, 5.74) is 0.687. The van der Waals surface area contributed by atoms with E-state index in [0.29, 0.717) is 36.9 Å². The van der Waals surface area contributed by atoms with E-state index in [1.165, 1.54) is 6.07 Å². The van der Waals surface area contributed by atoms with Crippen molar-refractivity contribution < 1.29 is 14.4 Å². The van der Waals surface area contributed by atoms with E-state index in [2.05, 4.69) is 12.6 Å². The van der Waals surface area contributed by atoms with Gasteiger partial charge in [-0.05, 0) is 19.1 Å². The molecule has 0 unspecified atom stereocenters. The minimum atomic E-state index is -0.417. The van der Waals surface area contributed by atoms with Gasteiger partial charge in [0.15, 0.2) is 0 Å². The molecule has 0 aliphatic carbocycles. The monoisotopic (exact) mass is 257 g/mol. The number of benzene rings is 1. The Morgan fingerprint density at radius 3 is 2.76 bits per heavy atom. The second-order valence-electron chi connectivity index (χ2n) is 3.39. The normalized spacial score (nSPS) is 10.2. The zero-order valence-electron chi connectivity index (χ0n) is 9.59. The highest BCUT2D eigenvalue weighted by molar-refractivity contribution is 7.80. The molecule has 0 N–H and O–H groups in total. The molecule has 0 amide bonds. The Kier molecular flexibility index (Phi) is 5.79. The topological polar surface area (TPSA) is 61.6 Å². The summed E-state index contributed by atoms with van der Waals surface area (Å²) >= 11 is 4.00. The van der Waals surface area contributed by atoms with Crippen LogP contribution in [-0.2, 0) is 4.74 Å². The van der Waals surface area contributed by atoms with Crippen molar-refractivity contribution in [2.24, 2.45) is 0 Å². The highest BCUT2D eigenvalue weighted by Gasteiger charge is 2.11. The van der Waals surface area contributed by atoms with Gasteiger partial charge in [0.25, 0.3) is 5.69 Å². The minimum Gasteiger partial charge on any atom is -0.491 e. The number of rotatable bonds is 7. The Hall–Kier alpha value is -1.27. The molecule has 0 aliphatic rings. The molecule has 0 spiro atoms. The first kappa shape index (κ1) is 13.8. The maximum atomic E-state index is 10.7. The molecule has 0 aromatic heterocycles. The molecule has 0 saturated heterocycles. The molecule has 1 aromatic carbocycles. The predicted molar refractivity (Wildman–Crippen MR) is 68.0 cm³/mol. The first-order valence-electron chi connectivity index (χ1n) is 5.21. The molecule has 0 radical (unpaired) electrons. The van der Waals surface area contributed by atoms with E-state index in [1.54, 1.807) is 19.1 Å². The fourth-order valence-electron chi connectivity index (χ4n) is 1.26. The van der Waals surface area contributed by atoms with Crippen molar-refractivity contribution in [2.75, 3.05) is 25.6 Å². The number of aryl methyl sites for hydroxylation is 1. The van der Waals surface area contributed by atoms with Crippen molar-refractivity contribution in [3.63, 3.8) is 0 Å². The Balaban J connectivity index is 2.49. The minimum absolute atomic E-state index is 0.0683. The third-order valence-corrected chi connectivity index (χ3v) is 2.29. The molecule has 0 saturated carbocycles. The van der Waals surface area contributed by atoms with E-state index in [0.717, 1.165) is 0 Å². The fourth-order valence-corrected chi connectivity index (χ4v) is 1.39. The van der Waals surface area contributed by atoms with Gasteiger partial charge in [0, 0.05) is 11.3 Å². The molecule has 5 nitrogen and oxygen atoms in total. The highest BCUT2D eigenvalue weighted by atomic mass is 32.1. The van der Waals surface area contributed by atoms with E-state index >= 15 is 0 Å². The second-order valence-corrected chi connectivity index (χ2v) is 3.84. The molecular formula is C11H15NO4S. The van der Waals surface area contributed by atoms with Crippen LogP contribution in [0.3, 0.4) is 0 Å². The zero-order valence-corrected chi connectivity index (χ0v) is 10.5. The molecule has 0 atom stereocenters. The molecule has 6 heteroatoms. The number of thiol groups is 1. The van der Waals surface area contributed by atoms with Gasteiger partial charge >= 0.3 is 0 Å². The van der Waals surface area contributed by atoms with Crippen LogP contribution < -0.4 is 4.74 Å².